The minimum Gasteiger partial charge on any atom is -0.453 e. The zero-order chi connectivity index (χ0) is 20.6. The van der Waals surface area contributed by atoms with E-state index < -0.39 is 16.0 Å². The molecule has 0 N–H and O–H groups in total. The van der Waals surface area contributed by atoms with Gasteiger partial charge in [-0.2, -0.15) is 0 Å². The average molecular weight is 413 g/mol. The lowest BCUT2D eigenvalue weighted by Gasteiger charge is -2.07. The molecule has 144 valence electrons. The van der Waals surface area contributed by atoms with Gasteiger partial charge in [-0.25, -0.2) is 4.39 Å². The van der Waals surface area contributed by atoms with Gasteiger partial charge < -0.3 is 4.74 Å². The van der Waals surface area contributed by atoms with Crippen molar-refractivity contribution in [3.05, 3.63) is 57.3 Å². The van der Waals surface area contributed by atoms with Crippen molar-refractivity contribution in [1.82, 2.24) is 4.98 Å². The van der Waals surface area contributed by atoms with Crippen molar-refractivity contribution >= 4 is 44.1 Å². The van der Waals surface area contributed by atoms with Gasteiger partial charge in [-0.3, -0.25) is 19.9 Å². The monoisotopic (exact) mass is 412 g/mol. The Balaban J connectivity index is 0.000000855. The van der Waals surface area contributed by atoms with Crippen LogP contribution in [0.25, 0.3) is 10.2 Å². The zero-order valence-corrected chi connectivity index (χ0v) is 16.7. The molecule has 0 amide bonds. The Kier molecular flexibility index (Phi) is 8.77. The number of aromatic nitrogens is 1. The third-order valence-corrected chi connectivity index (χ3v) is 4.37. The Morgan fingerprint density at radius 3 is 2.41 bits per heavy atom. The van der Waals surface area contributed by atoms with Crippen LogP contribution >= 0.6 is 22.9 Å². The second-order valence-electron chi connectivity index (χ2n) is 4.38. The van der Waals surface area contributed by atoms with Gasteiger partial charge in [-0.05, 0) is 23.7 Å². The molecule has 0 aliphatic heterocycles. The van der Waals surface area contributed by atoms with E-state index in [-0.39, 0.29) is 22.1 Å². The fourth-order valence-corrected chi connectivity index (χ4v) is 2.96. The fraction of sp³-hybridized carbons (Fsp3) is 0.222. The summed E-state index contributed by atoms with van der Waals surface area (Å²) in [4.78, 5) is 25.5. The summed E-state index contributed by atoms with van der Waals surface area (Å²) in [6.07, 6.45) is 1.44. The molecule has 2 aromatic heterocycles. The maximum absolute atomic E-state index is 13.9. The number of fused-ring (bicyclic) bond motifs is 1. The summed E-state index contributed by atoms with van der Waals surface area (Å²) in [6.45, 7) is 8.00. The number of thiophene rings is 1. The standard InChI is InChI=1S/C14H6ClFN2O4S.2C2H6/c15-14(19)12-6-9-13(23-12)11(3-4-17-9)22-10-2-1-7(18(20)21)5-8(10)16;2*1-2/h1-6H;2*1-2H3. The van der Waals surface area contributed by atoms with Gasteiger partial charge in [0.25, 0.3) is 10.9 Å². The molecule has 0 unspecified atom stereocenters. The van der Waals surface area contributed by atoms with Gasteiger partial charge in [-0.15, -0.1) is 11.3 Å². The highest BCUT2D eigenvalue weighted by Crippen LogP contribution is 2.36. The van der Waals surface area contributed by atoms with Gasteiger partial charge in [0, 0.05) is 18.3 Å². The first-order chi connectivity index (χ1) is 13.0. The first-order valence-electron chi connectivity index (χ1n) is 8.16. The van der Waals surface area contributed by atoms with Crippen molar-refractivity contribution < 1.29 is 18.8 Å². The Labute approximate surface area is 164 Å². The first kappa shape index (κ1) is 22.5. The van der Waals surface area contributed by atoms with Gasteiger partial charge in [0.05, 0.1) is 26.1 Å². The van der Waals surface area contributed by atoms with Crippen molar-refractivity contribution in [3.63, 3.8) is 0 Å². The number of nitrogens with zero attached hydrogens (tertiary/aromatic N) is 2. The molecule has 0 fully saturated rings. The summed E-state index contributed by atoms with van der Waals surface area (Å²) in [6, 6.07) is 6.09. The normalized spacial score (nSPS) is 9.56. The maximum Gasteiger partial charge on any atom is 0.272 e. The van der Waals surface area contributed by atoms with Crippen molar-refractivity contribution in [1.29, 1.82) is 0 Å². The van der Waals surface area contributed by atoms with Gasteiger partial charge in [0.1, 0.15) is 5.75 Å². The number of benzene rings is 1. The highest BCUT2D eigenvalue weighted by atomic mass is 35.5. The predicted molar refractivity (Wildman–Crippen MR) is 106 cm³/mol. The van der Waals surface area contributed by atoms with Gasteiger partial charge in [0.15, 0.2) is 11.6 Å². The van der Waals surface area contributed by atoms with Crippen LogP contribution in [0.5, 0.6) is 11.5 Å². The molecular formula is C18H18ClFN2O4S. The predicted octanol–water partition coefficient (Wildman–Crippen LogP) is 6.57. The van der Waals surface area contributed by atoms with Crippen LogP contribution in [-0.2, 0) is 0 Å². The number of nitro benzene ring substituents is 1. The van der Waals surface area contributed by atoms with Crippen LogP contribution in [0.15, 0.2) is 36.5 Å². The lowest BCUT2D eigenvalue weighted by molar-refractivity contribution is -0.385. The number of nitro groups is 1. The van der Waals surface area contributed by atoms with Crippen LogP contribution in [0, 0.1) is 15.9 Å². The molecule has 2 heterocycles. The number of carbonyl (C=O) groups excluding carboxylic acids is 1. The summed E-state index contributed by atoms with van der Waals surface area (Å²) in [5.41, 5.74) is 0.111. The number of hydrogen-bond acceptors (Lipinski definition) is 6. The number of ether oxygens (including phenoxy) is 1. The lowest BCUT2D eigenvalue weighted by atomic mass is 10.3. The molecule has 0 saturated heterocycles. The molecule has 0 saturated carbocycles. The number of hydrogen-bond donors (Lipinski definition) is 0. The molecule has 3 aromatic rings. The molecule has 0 aliphatic carbocycles. The molecule has 9 heteroatoms. The molecule has 27 heavy (non-hydrogen) atoms. The molecule has 1 aromatic carbocycles. The number of rotatable bonds is 4. The number of halogens is 2. The summed E-state index contributed by atoms with van der Waals surface area (Å²) in [7, 11) is 0. The Bertz CT molecular complexity index is 946. The molecule has 0 spiro atoms. The van der Waals surface area contributed by atoms with Crippen LogP contribution < -0.4 is 4.74 Å². The Hall–Kier alpha value is -2.58. The van der Waals surface area contributed by atoms with Crippen LogP contribution in [0.3, 0.4) is 0 Å². The molecule has 0 radical (unpaired) electrons. The number of pyridine rings is 1. The topological polar surface area (TPSA) is 82.3 Å². The Morgan fingerprint density at radius 2 is 1.85 bits per heavy atom. The van der Waals surface area contributed by atoms with E-state index in [4.69, 9.17) is 16.3 Å². The second-order valence-corrected chi connectivity index (χ2v) is 5.78. The maximum atomic E-state index is 13.9. The van der Waals surface area contributed by atoms with Crippen LogP contribution in [-0.4, -0.2) is 15.1 Å². The fourth-order valence-electron chi connectivity index (χ4n) is 1.90. The quantitative estimate of drug-likeness (QED) is 0.275. The summed E-state index contributed by atoms with van der Waals surface area (Å²) in [5.74, 6) is -0.762. The summed E-state index contributed by atoms with van der Waals surface area (Å²) >= 11 is 6.50. The molecule has 0 aliphatic rings. The van der Waals surface area contributed by atoms with E-state index in [1.54, 1.807) is 0 Å². The second kappa shape index (κ2) is 10.5. The number of carbonyl (C=O) groups is 1. The van der Waals surface area contributed by atoms with E-state index in [0.717, 1.165) is 23.5 Å². The van der Waals surface area contributed by atoms with E-state index in [2.05, 4.69) is 4.98 Å². The Morgan fingerprint density at radius 1 is 1.19 bits per heavy atom. The van der Waals surface area contributed by atoms with Crippen molar-refractivity contribution in [3.8, 4) is 11.5 Å². The highest BCUT2D eigenvalue weighted by Gasteiger charge is 2.16. The van der Waals surface area contributed by atoms with E-state index in [1.807, 2.05) is 27.7 Å². The van der Waals surface area contributed by atoms with E-state index in [1.165, 1.54) is 24.4 Å². The molecule has 3 rings (SSSR count). The molecular weight excluding hydrogens is 395 g/mol. The van der Waals surface area contributed by atoms with Gasteiger partial charge >= 0.3 is 0 Å². The van der Waals surface area contributed by atoms with Crippen molar-refractivity contribution in [2.45, 2.75) is 27.7 Å². The molecule has 0 bridgehead atoms. The molecule has 0 atom stereocenters. The first-order valence-corrected chi connectivity index (χ1v) is 9.35. The summed E-state index contributed by atoms with van der Waals surface area (Å²) in [5, 5.41) is 9.99. The van der Waals surface area contributed by atoms with Crippen molar-refractivity contribution in [2.24, 2.45) is 0 Å². The van der Waals surface area contributed by atoms with Crippen LogP contribution in [0.1, 0.15) is 37.4 Å². The van der Waals surface area contributed by atoms with E-state index in [9.17, 15) is 19.3 Å². The van der Waals surface area contributed by atoms with E-state index in [0.29, 0.717) is 10.2 Å². The number of non-ortho nitro benzene ring substituents is 1. The minimum atomic E-state index is -0.866. The van der Waals surface area contributed by atoms with Gasteiger partial charge in [-0.1, -0.05) is 27.7 Å². The zero-order valence-electron chi connectivity index (χ0n) is 15.2. The minimum absolute atomic E-state index is 0.171. The van der Waals surface area contributed by atoms with Crippen molar-refractivity contribution in [2.75, 3.05) is 0 Å². The third kappa shape index (κ3) is 5.45. The van der Waals surface area contributed by atoms with Crippen LogP contribution in [0.2, 0.25) is 0 Å². The highest BCUT2D eigenvalue weighted by molar-refractivity contribution is 7.22. The van der Waals surface area contributed by atoms with Gasteiger partial charge in [0.2, 0.25) is 0 Å². The largest absolute Gasteiger partial charge is 0.453 e. The molecule has 6 nitrogen and oxygen atoms in total. The average Bonchev–Trinajstić information content (AvgIpc) is 3.12. The van der Waals surface area contributed by atoms with Crippen LogP contribution in [0.4, 0.5) is 10.1 Å². The SMILES string of the molecule is CC.CC.O=C(Cl)c1cc2nccc(Oc3ccc([N+](=O)[O-])cc3F)c2s1. The summed E-state index contributed by atoms with van der Waals surface area (Å²) < 4.78 is 19.9. The smallest absolute Gasteiger partial charge is 0.272 e. The lowest BCUT2D eigenvalue weighted by Crippen LogP contribution is -1.92. The van der Waals surface area contributed by atoms with E-state index >= 15 is 0 Å². The third-order valence-electron chi connectivity index (χ3n) is 2.92.